The number of hydrogen-bond donors (Lipinski definition) is 0. The van der Waals surface area contributed by atoms with E-state index in [0.29, 0.717) is 11.5 Å². The second-order valence-corrected chi connectivity index (χ2v) is 4.75. The molecule has 5 nitrogen and oxygen atoms in total. The van der Waals surface area contributed by atoms with Gasteiger partial charge in [0.1, 0.15) is 0 Å². The van der Waals surface area contributed by atoms with E-state index in [1.807, 2.05) is 18.2 Å². The summed E-state index contributed by atoms with van der Waals surface area (Å²) in [5.41, 5.74) is 1.39. The summed E-state index contributed by atoms with van der Waals surface area (Å²) in [5.74, 6) is -0.712. The first-order chi connectivity index (χ1) is 12.2. The molecule has 0 aliphatic heterocycles. The van der Waals surface area contributed by atoms with Gasteiger partial charge in [0.25, 0.3) is 0 Å². The molecule has 26 heavy (non-hydrogen) atoms. The van der Waals surface area contributed by atoms with E-state index in [4.69, 9.17) is 0 Å². The molecule has 1 radical (unpaired) electrons. The predicted molar refractivity (Wildman–Crippen MR) is 87.0 cm³/mol. The van der Waals surface area contributed by atoms with Gasteiger partial charge in [-0.1, -0.05) is 29.8 Å². The van der Waals surface area contributed by atoms with E-state index < -0.39 is 11.6 Å². The molecule has 4 rings (SSSR count). The molecule has 0 fully saturated rings. The number of rotatable bonds is 2. The molecular weight excluding hydrogens is 516 g/mol. The van der Waals surface area contributed by atoms with Gasteiger partial charge >= 0.3 is 0 Å². The van der Waals surface area contributed by atoms with Crippen LogP contribution in [0.1, 0.15) is 0 Å². The Morgan fingerprint density at radius 1 is 0.885 bits per heavy atom. The summed E-state index contributed by atoms with van der Waals surface area (Å²) in [7, 11) is 0. The van der Waals surface area contributed by atoms with Gasteiger partial charge < -0.3 is 15.1 Å². The zero-order valence-corrected chi connectivity index (χ0v) is 15.6. The van der Waals surface area contributed by atoms with E-state index in [1.165, 1.54) is 6.33 Å². The Morgan fingerprint density at radius 2 is 1.58 bits per heavy atom. The van der Waals surface area contributed by atoms with Crippen LogP contribution in [-0.2, 0) is 20.1 Å². The molecular formula is C18H11F2IrN5-2. The van der Waals surface area contributed by atoms with Gasteiger partial charge in [0, 0.05) is 50.5 Å². The van der Waals surface area contributed by atoms with Crippen LogP contribution in [0.5, 0.6) is 0 Å². The third-order valence-corrected chi connectivity index (χ3v) is 3.06. The molecule has 0 spiro atoms. The molecule has 3 aromatic heterocycles. The first kappa shape index (κ1) is 19.5. The maximum atomic E-state index is 13.2. The van der Waals surface area contributed by atoms with E-state index in [9.17, 15) is 8.78 Å². The van der Waals surface area contributed by atoms with Crippen LogP contribution in [-0.4, -0.2) is 20.1 Å². The minimum atomic E-state index is -0.649. The molecule has 3 heterocycles. The molecule has 0 amide bonds. The van der Waals surface area contributed by atoms with Crippen molar-refractivity contribution >= 4 is 0 Å². The van der Waals surface area contributed by atoms with Gasteiger partial charge in [-0.3, -0.25) is 18.9 Å². The van der Waals surface area contributed by atoms with Gasteiger partial charge in [-0.05, 0) is 29.7 Å². The molecule has 0 unspecified atom stereocenters. The van der Waals surface area contributed by atoms with Gasteiger partial charge in [-0.2, -0.15) is 0 Å². The van der Waals surface area contributed by atoms with Crippen LogP contribution in [0.15, 0.2) is 67.3 Å². The van der Waals surface area contributed by atoms with E-state index in [1.54, 1.807) is 30.6 Å². The van der Waals surface area contributed by atoms with Crippen LogP contribution in [0.3, 0.4) is 0 Å². The van der Waals surface area contributed by atoms with E-state index in [0.717, 1.165) is 17.8 Å². The normalized spacial score (nSPS) is 9.62. The van der Waals surface area contributed by atoms with Crippen LogP contribution in [0, 0.1) is 17.7 Å². The predicted octanol–water partition coefficient (Wildman–Crippen LogP) is 3.32. The molecule has 8 heteroatoms. The standard InChI is InChI=1S/C11H6F2N.C7H5N4.Ir/c12-8-4-5-9(10(13)7-8)11-3-1-2-6-14-11;1-2-4-8-6(3-1)7-9-5-10-11-7;/h1-4,6-7H;1-5H;/q2*-1;. The second kappa shape index (κ2) is 9.60. The number of nitrogens with zero attached hydrogens (tertiary/aromatic N) is 5. The van der Waals surface area contributed by atoms with Crippen molar-refractivity contribution in [2.24, 2.45) is 0 Å². The van der Waals surface area contributed by atoms with Crippen molar-refractivity contribution < 1.29 is 28.9 Å². The van der Waals surface area contributed by atoms with Crippen LogP contribution in [0.4, 0.5) is 8.78 Å². The summed E-state index contributed by atoms with van der Waals surface area (Å²) in [6.07, 6.45) is 4.65. The van der Waals surface area contributed by atoms with Crippen LogP contribution < -0.4 is 5.10 Å². The number of benzene rings is 1. The molecule has 1 aromatic carbocycles. The summed E-state index contributed by atoms with van der Waals surface area (Å²) >= 11 is 0. The minimum absolute atomic E-state index is 0. The fourth-order valence-electron chi connectivity index (χ4n) is 1.95. The van der Waals surface area contributed by atoms with Crippen LogP contribution in [0.2, 0.25) is 0 Å². The number of halogens is 2. The topological polar surface area (TPSA) is 65.7 Å². The van der Waals surface area contributed by atoms with Crippen molar-refractivity contribution in [2.75, 3.05) is 0 Å². The summed E-state index contributed by atoms with van der Waals surface area (Å²) < 4.78 is 25.8. The van der Waals surface area contributed by atoms with Crippen molar-refractivity contribution in [1.82, 2.24) is 25.1 Å². The first-order valence-electron chi connectivity index (χ1n) is 7.24. The quantitative estimate of drug-likeness (QED) is 0.375. The Balaban J connectivity index is 0.000000184. The zero-order valence-electron chi connectivity index (χ0n) is 13.2. The first-order valence-corrected chi connectivity index (χ1v) is 7.24. The van der Waals surface area contributed by atoms with Gasteiger partial charge in [-0.25, -0.2) is 0 Å². The Hall–Kier alpha value is -2.83. The Kier molecular flexibility index (Phi) is 7.20. The maximum Gasteiger partial charge on any atom is 0.0633 e. The molecule has 133 valence electrons. The van der Waals surface area contributed by atoms with Gasteiger partial charge in [0.2, 0.25) is 0 Å². The van der Waals surface area contributed by atoms with E-state index >= 15 is 0 Å². The zero-order chi connectivity index (χ0) is 17.5. The van der Waals surface area contributed by atoms with Gasteiger partial charge in [0.05, 0.1) is 5.69 Å². The van der Waals surface area contributed by atoms with Crippen LogP contribution >= 0.6 is 0 Å². The van der Waals surface area contributed by atoms with Crippen LogP contribution in [0.25, 0.3) is 22.8 Å². The molecule has 0 N–H and O–H groups in total. The monoisotopic (exact) mass is 528 g/mol. The molecule has 0 saturated carbocycles. The van der Waals surface area contributed by atoms with Gasteiger partial charge in [0.15, 0.2) is 0 Å². The molecule has 0 saturated heterocycles. The van der Waals surface area contributed by atoms with Crippen molar-refractivity contribution in [2.45, 2.75) is 0 Å². The fourth-order valence-corrected chi connectivity index (χ4v) is 1.95. The molecule has 0 atom stereocenters. The van der Waals surface area contributed by atoms with E-state index in [2.05, 4.69) is 31.2 Å². The third-order valence-electron chi connectivity index (χ3n) is 3.06. The molecule has 0 bridgehead atoms. The average Bonchev–Trinajstić information content (AvgIpc) is 3.19. The molecule has 4 aromatic rings. The maximum absolute atomic E-state index is 13.2. The van der Waals surface area contributed by atoms with Crippen molar-refractivity contribution in [3.63, 3.8) is 0 Å². The Bertz CT molecular complexity index is 919. The Morgan fingerprint density at radius 3 is 2.12 bits per heavy atom. The van der Waals surface area contributed by atoms with E-state index in [-0.39, 0.29) is 25.7 Å². The van der Waals surface area contributed by atoms with Crippen molar-refractivity contribution in [3.8, 4) is 22.8 Å². The van der Waals surface area contributed by atoms with Crippen molar-refractivity contribution in [3.05, 3.63) is 85.0 Å². The fraction of sp³-hybridized carbons (Fsp3) is 0. The SMILES string of the molecule is Fc1c[c-]c(-c2ccccn2)c(F)c1.[Ir].c1ccc(-c2ncn[n-]2)nc1. The number of hydrogen-bond acceptors (Lipinski definition) is 4. The second-order valence-electron chi connectivity index (χ2n) is 4.75. The summed E-state index contributed by atoms with van der Waals surface area (Å²) in [6, 6.07) is 15.1. The third kappa shape index (κ3) is 5.08. The van der Waals surface area contributed by atoms with Gasteiger partial charge in [-0.15, -0.1) is 12.1 Å². The Labute approximate surface area is 161 Å². The molecule has 0 aliphatic carbocycles. The largest absolute Gasteiger partial charge is 0.424 e. The summed E-state index contributed by atoms with van der Waals surface area (Å²) in [6.45, 7) is 0. The smallest absolute Gasteiger partial charge is 0.0633 e. The summed E-state index contributed by atoms with van der Waals surface area (Å²) in [5, 5.41) is 7.36. The van der Waals surface area contributed by atoms with Crippen molar-refractivity contribution in [1.29, 1.82) is 0 Å². The number of pyridine rings is 2. The molecule has 0 aliphatic rings. The average molecular weight is 528 g/mol. The summed E-state index contributed by atoms with van der Waals surface area (Å²) in [4.78, 5) is 11.9. The minimum Gasteiger partial charge on any atom is -0.424 e. The number of aromatic nitrogens is 5.